The first-order chi connectivity index (χ1) is 11.0. The lowest BCUT2D eigenvalue weighted by molar-refractivity contribution is 0.0996. The van der Waals surface area contributed by atoms with Crippen LogP contribution in [-0.4, -0.2) is 11.8 Å². The summed E-state index contributed by atoms with van der Waals surface area (Å²) in [5, 5.41) is 3.07. The molecule has 5 nitrogen and oxygen atoms in total. The Morgan fingerprint density at radius 1 is 1.13 bits per heavy atom. The number of furan rings is 1. The van der Waals surface area contributed by atoms with E-state index in [2.05, 4.69) is 21.2 Å². The van der Waals surface area contributed by atoms with E-state index < -0.39 is 11.8 Å². The minimum absolute atomic E-state index is 0.141. The average Bonchev–Trinajstić information content (AvgIpc) is 3.15. The molecule has 0 saturated heterocycles. The maximum absolute atomic E-state index is 12.2. The number of anilines is 1. The van der Waals surface area contributed by atoms with Crippen LogP contribution in [0.15, 0.2) is 57.6 Å². The smallest absolute Gasteiger partial charge is 0.292 e. The topological polar surface area (TPSA) is 85.3 Å². The number of carbonyl (C=O) groups excluding carboxylic acids is 2. The lowest BCUT2D eigenvalue weighted by Gasteiger charge is -2.01. The third-order valence-electron chi connectivity index (χ3n) is 3.08. The Bertz CT molecular complexity index is 871. The van der Waals surface area contributed by atoms with Crippen molar-refractivity contribution >= 4 is 44.1 Å². The zero-order valence-electron chi connectivity index (χ0n) is 11.7. The van der Waals surface area contributed by atoms with Crippen molar-refractivity contribution in [2.75, 3.05) is 5.32 Å². The molecule has 3 rings (SSSR count). The van der Waals surface area contributed by atoms with Gasteiger partial charge in [0.05, 0.1) is 5.56 Å². The van der Waals surface area contributed by atoms with E-state index >= 15 is 0 Å². The Morgan fingerprint density at radius 2 is 1.87 bits per heavy atom. The fourth-order valence-electron chi connectivity index (χ4n) is 2.01. The molecular weight excluding hydrogens is 380 g/mol. The van der Waals surface area contributed by atoms with Crippen LogP contribution in [0.25, 0.3) is 10.4 Å². The van der Waals surface area contributed by atoms with Gasteiger partial charge in [0, 0.05) is 4.88 Å². The number of carbonyl (C=O) groups is 2. The molecule has 3 aromatic rings. The number of hydrogen-bond acceptors (Lipinski definition) is 4. The monoisotopic (exact) mass is 390 g/mol. The van der Waals surface area contributed by atoms with Crippen LogP contribution in [0.4, 0.5) is 5.00 Å². The average molecular weight is 391 g/mol. The number of thiophene rings is 1. The van der Waals surface area contributed by atoms with Crippen molar-refractivity contribution in [3.63, 3.8) is 0 Å². The molecule has 116 valence electrons. The number of nitrogens with two attached hydrogens (primary N) is 1. The standard InChI is InChI=1S/C16H11BrN2O3S/c17-13-7-6-11(22-13)15(21)19-16-10(14(18)20)8-12(23-16)9-4-2-1-3-5-9/h1-8H,(H2,18,20)(H,19,21). The lowest BCUT2D eigenvalue weighted by Crippen LogP contribution is -2.16. The molecule has 3 N–H and O–H groups in total. The van der Waals surface area contributed by atoms with Crippen molar-refractivity contribution in [3.8, 4) is 10.4 Å². The maximum Gasteiger partial charge on any atom is 0.292 e. The van der Waals surface area contributed by atoms with E-state index in [9.17, 15) is 9.59 Å². The minimum Gasteiger partial charge on any atom is -0.444 e. The van der Waals surface area contributed by atoms with Crippen LogP contribution in [0, 0.1) is 0 Å². The van der Waals surface area contributed by atoms with E-state index in [1.807, 2.05) is 30.3 Å². The lowest BCUT2D eigenvalue weighted by atomic mass is 10.1. The van der Waals surface area contributed by atoms with Crippen molar-refractivity contribution in [1.29, 1.82) is 0 Å². The number of hydrogen-bond donors (Lipinski definition) is 2. The molecule has 0 aliphatic heterocycles. The molecule has 0 spiro atoms. The summed E-state index contributed by atoms with van der Waals surface area (Å²) >= 11 is 4.42. The number of nitrogens with one attached hydrogen (secondary N) is 1. The van der Waals surface area contributed by atoms with Gasteiger partial charge in [-0.2, -0.15) is 0 Å². The van der Waals surface area contributed by atoms with Crippen molar-refractivity contribution in [2.24, 2.45) is 5.73 Å². The summed E-state index contributed by atoms with van der Waals surface area (Å²) in [6.45, 7) is 0. The number of primary amides is 1. The van der Waals surface area contributed by atoms with Gasteiger partial charge < -0.3 is 15.5 Å². The molecule has 0 radical (unpaired) electrons. The van der Waals surface area contributed by atoms with Crippen molar-refractivity contribution in [1.82, 2.24) is 0 Å². The number of benzene rings is 1. The molecule has 2 amide bonds. The molecule has 0 saturated carbocycles. The van der Waals surface area contributed by atoms with Gasteiger partial charge in [0.25, 0.3) is 11.8 Å². The van der Waals surface area contributed by atoms with E-state index in [1.54, 1.807) is 12.1 Å². The zero-order chi connectivity index (χ0) is 16.4. The van der Waals surface area contributed by atoms with Crippen LogP contribution >= 0.6 is 27.3 Å². The normalized spacial score (nSPS) is 10.5. The van der Waals surface area contributed by atoms with Gasteiger partial charge in [-0.25, -0.2) is 0 Å². The second-order valence-corrected chi connectivity index (χ2v) is 6.48. The Labute approximate surface area is 144 Å². The molecule has 0 unspecified atom stereocenters. The second kappa shape index (κ2) is 6.39. The highest BCUT2D eigenvalue weighted by atomic mass is 79.9. The Kier molecular flexibility index (Phi) is 4.31. The highest BCUT2D eigenvalue weighted by Crippen LogP contribution is 2.35. The third kappa shape index (κ3) is 3.35. The minimum atomic E-state index is -0.598. The van der Waals surface area contributed by atoms with Gasteiger partial charge in [0.2, 0.25) is 0 Å². The van der Waals surface area contributed by atoms with Gasteiger partial charge in [-0.05, 0) is 39.7 Å². The number of halogens is 1. The summed E-state index contributed by atoms with van der Waals surface area (Å²) in [4.78, 5) is 24.7. The SMILES string of the molecule is NC(=O)c1cc(-c2ccccc2)sc1NC(=O)c1ccc(Br)o1. The summed E-state index contributed by atoms with van der Waals surface area (Å²) in [5.41, 5.74) is 6.63. The van der Waals surface area contributed by atoms with Gasteiger partial charge in [-0.15, -0.1) is 11.3 Å². The Balaban J connectivity index is 1.93. The Morgan fingerprint density at radius 3 is 2.48 bits per heavy atom. The van der Waals surface area contributed by atoms with Gasteiger partial charge in [0.15, 0.2) is 10.4 Å². The van der Waals surface area contributed by atoms with E-state index in [4.69, 9.17) is 10.2 Å². The predicted molar refractivity (Wildman–Crippen MR) is 92.6 cm³/mol. The van der Waals surface area contributed by atoms with Crippen LogP contribution in [0.3, 0.4) is 0 Å². The van der Waals surface area contributed by atoms with Crippen molar-refractivity contribution < 1.29 is 14.0 Å². The summed E-state index contributed by atoms with van der Waals surface area (Å²) in [7, 11) is 0. The number of rotatable bonds is 4. The quantitative estimate of drug-likeness (QED) is 0.702. The molecule has 2 aromatic heterocycles. The van der Waals surface area contributed by atoms with Crippen molar-refractivity contribution in [2.45, 2.75) is 0 Å². The van der Waals surface area contributed by atoms with Gasteiger partial charge in [-0.1, -0.05) is 30.3 Å². The molecule has 0 bridgehead atoms. The first-order valence-electron chi connectivity index (χ1n) is 6.60. The van der Waals surface area contributed by atoms with Crippen molar-refractivity contribution in [3.05, 3.63) is 64.5 Å². The highest BCUT2D eigenvalue weighted by molar-refractivity contribution is 9.10. The maximum atomic E-state index is 12.2. The van der Waals surface area contributed by atoms with Crippen LogP contribution in [0.5, 0.6) is 0 Å². The fraction of sp³-hybridized carbons (Fsp3) is 0. The molecule has 1 aromatic carbocycles. The van der Waals surface area contributed by atoms with E-state index in [1.165, 1.54) is 17.4 Å². The summed E-state index contributed by atoms with van der Waals surface area (Å²) in [6, 6.07) is 14.4. The van der Waals surface area contributed by atoms with Gasteiger partial charge in [0.1, 0.15) is 5.00 Å². The molecule has 0 atom stereocenters. The first kappa shape index (κ1) is 15.5. The first-order valence-corrected chi connectivity index (χ1v) is 8.21. The van der Waals surface area contributed by atoms with E-state index in [0.717, 1.165) is 10.4 Å². The third-order valence-corrected chi connectivity index (χ3v) is 4.61. The summed E-state index contributed by atoms with van der Waals surface area (Å²) < 4.78 is 5.66. The second-order valence-electron chi connectivity index (χ2n) is 4.64. The van der Waals surface area contributed by atoms with Gasteiger partial charge >= 0.3 is 0 Å². The van der Waals surface area contributed by atoms with Gasteiger partial charge in [-0.3, -0.25) is 9.59 Å². The summed E-state index contributed by atoms with van der Waals surface area (Å²) in [6.07, 6.45) is 0. The zero-order valence-corrected chi connectivity index (χ0v) is 14.1. The predicted octanol–water partition coefficient (Wildman–Crippen LogP) is 4.12. The molecule has 2 heterocycles. The summed E-state index contributed by atoms with van der Waals surface area (Å²) in [5.74, 6) is -0.902. The van der Waals surface area contributed by atoms with Crippen LogP contribution in [-0.2, 0) is 0 Å². The molecular formula is C16H11BrN2O3S. The molecule has 0 aliphatic rings. The molecule has 0 fully saturated rings. The molecule has 23 heavy (non-hydrogen) atoms. The fourth-order valence-corrected chi connectivity index (χ4v) is 3.38. The highest BCUT2D eigenvalue weighted by Gasteiger charge is 2.19. The number of amides is 2. The van der Waals surface area contributed by atoms with E-state index in [-0.39, 0.29) is 11.3 Å². The Hall–Kier alpha value is -2.38. The van der Waals surface area contributed by atoms with Crippen LogP contribution in [0.2, 0.25) is 0 Å². The van der Waals surface area contributed by atoms with Crippen LogP contribution in [0.1, 0.15) is 20.9 Å². The van der Waals surface area contributed by atoms with E-state index in [0.29, 0.717) is 9.67 Å². The molecule has 0 aliphatic carbocycles. The van der Waals surface area contributed by atoms with Crippen LogP contribution < -0.4 is 11.1 Å². The molecule has 7 heteroatoms. The largest absolute Gasteiger partial charge is 0.444 e.